The Balaban J connectivity index is 2.23. The zero-order valence-electron chi connectivity index (χ0n) is 14.3. The molecule has 11 heteroatoms. The number of hydrogen-bond donors (Lipinski definition) is 0. The van der Waals surface area contributed by atoms with Crippen LogP contribution in [0.3, 0.4) is 0 Å². The molecule has 0 amide bonds. The molecule has 0 aliphatic heterocycles. The van der Waals surface area contributed by atoms with Gasteiger partial charge in [-0.05, 0) is 36.7 Å². The van der Waals surface area contributed by atoms with Crippen molar-refractivity contribution in [2.45, 2.75) is 18.0 Å². The molecule has 0 bridgehead atoms. The van der Waals surface area contributed by atoms with Crippen LogP contribution in [0, 0.1) is 6.92 Å². The predicted octanol–water partition coefficient (Wildman–Crippen LogP) is 4.87. The lowest BCUT2D eigenvalue weighted by Crippen LogP contribution is -2.08. The highest BCUT2D eigenvalue weighted by molar-refractivity contribution is 7.90. The van der Waals surface area contributed by atoms with Crippen LogP contribution in [0.5, 0.6) is 0 Å². The molecule has 0 saturated carbocycles. The van der Waals surface area contributed by atoms with Gasteiger partial charge in [0.1, 0.15) is 0 Å². The van der Waals surface area contributed by atoms with E-state index in [1.54, 1.807) is 24.3 Å². The summed E-state index contributed by atoms with van der Waals surface area (Å²) in [5.41, 5.74) is 8.87. The second-order valence-electron chi connectivity index (χ2n) is 5.83. The van der Waals surface area contributed by atoms with Gasteiger partial charge in [0.05, 0.1) is 16.3 Å². The number of aryl methyl sites for hydroxylation is 1. The molecule has 0 atom stereocenters. The smallest absolute Gasteiger partial charge is 0.232 e. The van der Waals surface area contributed by atoms with Crippen LogP contribution >= 0.6 is 0 Å². The fourth-order valence-corrected chi connectivity index (χ4v) is 3.23. The number of azide groups is 1. The summed E-state index contributed by atoms with van der Waals surface area (Å²) in [4.78, 5) is 1.90. The van der Waals surface area contributed by atoms with E-state index in [9.17, 15) is 21.6 Å². The van der Waals surface area contributed by atoms with Crippen molar-refractivity contribution >= 4 is 10.0 Å². The SMILES string of the molecule is Cc1ccc(-c2cc(C(F)(F)F)nn2-c2cccc(S(=O)(=O)N=[N+]=[N-])c2)cc1. The molecule has 0 aliphatic carbocycles. The number of benzene rings is 2. The second-order valence-corrected chi connectivity index (χ2v) is 7.42. The van der Waals surface area contributed by atoms with Crippen molar-refractivity contribution in [3.05, 3.63) is 76.3 Å². The molecule has 144 valence electrons. The molecule has 0 fully saturated rings. The van der Waals surface area contributed by atoms with Crippen molar-refractivity contribution in [3.63, 3.8) is 0 Å². The molecule has 28 heavy (non-hydrogen) atoms. The summed E-state index contributed by atoms with van der Waals surface area (Å²) in [7, 11) is -4.30. The van der Waals surface area contributed by atoms with Gasteiger partial charge in [-0.25, -0.2) is 13.1 Å². The van der Waals surface area contributed by atoms with Gasteiger partial charge < -0.3 is 0 Å². The molecule has 0 N–H and O–H groups in total. The zero-order chi connectivity index (χ0) is 20.5. The lowest BCUT2D eigenvalue weighted by Gasteiger charge is -2.09. The third kappa shape index (κ3) is 3.85. The topological polar surface area (TPSA) is 101 Å². The lowest BCUT2D eigenvalue weighted by atomic mass is 10.1. The molecule has 3 rings (SSSR count). The van der Waals surface area contributed by atoms with Gasteiger partial charge in [0, 0.05) is 15.0 Å². The Labute approximate surface area is 157 Å². The molecule has 0 unspecified atom stereocenters. The average molecular weight is 407 g/mol. The molecule has 1 heterocycles. The van der Waals surface area contributed by atoms with E-state index in [1.165, 1.54) is 18.2 Å². The number of nitrogens with zero attached hydrogens (tertiary/aromatic N) is 5. The van der Waals surface area contributed by atoms with Crippen LogP contribution < -0.4 is 0 Å². The minimum absolute atomic E-state index is 0.0697. The standard InChI is InChI=1S/C17H12F3N5O2S/c1-11-5-7-12(8-6-11)15-10-16(17(18,19)20)22-25(15)13-3-2-4-14(9-13)28(26,27)24-23-21/h2-10H,1H3. The van der Waals surface area contributed by atoms with Crippen molar-refractivity contribution < 1.29 is 21.6 Å². The Hall–Kier alpha value is -3.30. The monoisotopic (exact) mass is 407 g/mol. The number of hydrogen-bond acceptors (Lipinski definition) is 3. The summed E-state index contributed by atoms with van der Waals surface area (Å²) in [5, 5.41) is 3.61. The van der Waals surface area contributed by atoms with Crippen LogP contribution in [0.1, 0.15) is 11.3 Å². The molecule has 3 aromatic rings. The molecule has 2 aromatic carbocycles. The molecule has 0 saturated heterocycles. The predicted molar refractivity (Wildman–Crippen MR) is 95.1 cm³/mol. The fraction of sp³-hybridized carbons (Fsp3) is 0.118. The Morgan fingerprint density at radius 2 is 1.79 bits per heavy atom. The maximum atomic E-state index is 13.2. The van der Waals surface area contributed by atoms with Gasteiger partial charge >= 0.3 is 6.18 Å². The van der Waals surface area contributed by atoms with E-state index in [2.05, 4.69) is 14.5 Å². The van der Waals surface area contributed by atoms with Crippen molar-refractivity contribution in [2.24, 2.45) is 4.52 Å². The zero-order valence-corrected chi connectivity index (χ0v) is 15.1. The number of sulfonamides is 1. The number of alkyl halides is 3. The van der Waals surface area contributed by atoms with E-state index in [-0.39, 0.29) is 16.3 Å². The van der Waals surface area contributed by atoms with E-state index in [0.717, 1.165) is 22.4 Å². The number of halogens is 3. The Morgan fingerprint density at radius 1 is 1.11 bits per heavy atom. The van der Waals surface area contributed by atoms with E-state index in [1.807, 2.05) is 6.92 Å². The van der Waals surface area contributed by atoms with E-state index in [0.29, 0.717) is 5.56 Å². The highest BCUT2D eigenvalue weighted by Gasteiger charge is 2.35. The molecular weight excluding hydrogens is 395 g/mol. The van der Waals surface area contributed by atoms with Crippen molar-refractivity contribution in [1.29, 1.82) is 0 Å². The van der Waals surface area contributed by atoms with Gasteiger partial charge in [-0.1, -0.05) is 35.9 Å². The first-order valence-corrected chi connectivity index (χ1v) is 9.22. The van der Waals surface area contributed by atoms with Crippen molar-refractivity contribution in [2.75, 3.05) is 0 Å². The second kappa shape index (κ2) is 7.02. The summed E-state index contributed by atoms with van der Waals surface area (Å²) < 4.78 is 67.3. The van der Waals surface area contributed by atoms with E-state index >= 15 is 0 Å². The quantitative estimate of drug-likeness (QED) is 0.350. The van der Waals surface area contributed by atoms with Crippen LogP contribution in [0.4, 0.5) is 13.2 Å². The maximum absolute atomic E-state index is 13.2. The fourth-order valence-electron chi connectivity index (χ4n) is 2.52. The van der Waals surface area contributed by atoms with Crippen molar-refractivity contribution in [1.82, 2.24) is 9.78 Å². The summed E-state index contributed by atoms with van der Waals surface area (Å²) in [5.74, 6) is 0. The third-order valence-corrected chi connectivity index (χ3v) is 4.99. The molecule has 1 aromatic heterocycles. The third-order valence-electron chi connectivity index (χ3n) is 3.85. The Bertz CT molecular complexity index is 1180. The highest BCUT2D eigenvalue weighted by Crippen LogP contribution is 2.33. The van der Waals surface area contributed by atoms with Crippen LogP contribution in [0.15, 0.2) is 64.0 Å². The van der Waals surface area contributed by atoms with Crippen LogP contribution in [-0.2, 0) is 16.2 Å². The molecule has 0 aliphatic rings. The maximum Gasteiger partial charge on any atom is 0.435 e. The van der Waals surface area contributed by atoms with E-state index in [4.69, 9.17) is 5.53 Å². The number of rotatable bonds is 4. The van der Waals surface area contributed by atoms with Gasteiger partial charge in [-0.3, -0.25) is 0 Å². The van der Waals surface area contributed by atoms with Crippen molar-refractivity contribution in [3.8, 4) is 16.9 Å². The first kappa shape index (κ1) is 19.5. The van der Waals surface area contributed by atoms with Crippen LogP contribution in [0.25, 0.3) is 27.4 Å². The average Bonchev–Trinajstić information content (AvgIpc) is 3.08. The minimum atomic E-state index is -4.68. The molecule has 0 radical (unpaired) electrons. The minimum Gasteiger partial charge on any atom is -0.232 e. The molecule has 0 spiro atoms. The normalized spacial score (nSPS) is 11.9. The molecular formula is C17H12F3N5O2S. The van der Waals surface area contributed by atoms with Gasteiger partial charge in [0.15, 0.2) is 5.69 Å². The molecule has 7 nitrogen and oxygen atoms in total. The largest absolute Gasteiger partial charge is 0.435 e. The van der Waals surface area contributed by atoms with Crippen LogP contribution in [-0.4, -0.2) is 18.2 Å². The first-order valence-electron chi connectivity index (χ1n) is 7.78. The number of aromatic nitrogens is 2. The Morgan fingerprint density at radius 3 is 2.39 bits per heavy atom. The highest BCUT2D eigenvalue weighted by atomic mass is 32.2. The first-order chi connectivity index (χ1) is 13.1. The summed E-state index contributed by atoms with van der Waals surface area (Å²) in [6.45, 7) is 1.84. The lowest BCUT2D eigenvalue weighted by molar-refractivity contribution is -0.141. The van der Waals surface area contributed by atoms with Gasteiger partial charge in [-0.15, -0.1) is 0 Å². The van der Waals surface area contributed by atoms with Gasteiger partial charge in [-0.2, -0.15) is 18.3 Å². The van der Waals surface area contributed by atoms with Gasteiger partial charge in [0.25, 0.3) is 10.0 Å². The summed E-state index contributed by atoms with van der Waals surface area (Å²) >= 11 is 0. The Kier molecular flexibility index (Phi) is 4.88. The van der Waals surface area contributed by atoms with Gasteiger partial charge in [0.2, 0.25) is 0 Å². The summed E-state index contributed by atoms with van der Waals surface area (Å²) in [6.07, 6.45) is -4.68. The van der Waals surface area contributed by atoms with E-state index < -0.39 is 21.9 Å². The van der Waals surface area contributed by atoms with Crippen LogP contribution in [0.2, 0.25) is 0 Å². The summed E-state index contributed by atoms with van der Waals surface area (Å²) in [6, 6.07) is 12.6.